The summed E-state index contributed by atoms with van der Waals surface area (Å²) < 4.78 is 5.75. The van der Waals surface area contributed by atoms with Crippen LogP contribution in [0.25, 0.3) is 33.1 Å². The highest BCUT2D eigenvalue weighted by molar-refractivity contribution is 6.02. The van der Waals surface area contributed by atoms with E-state index < -0.39 is 30.4 Å². The molecule has 7 unspecified atom stereocenters. The van der Waals surface area contributed by atoms with Crippen molar-refractivity contribution >= 4 is 74.1 Å². The summed E-state index contributed by atoms with van der Waals surface area (Å²) in [5.41, 5.74) is 9.73. The molecule has 648 valence electrons. The SMILES string of the molecule is CC(C)ON=C(CCC(=O)O)c1nc2ccccc2n(C2C[C@H]3CC[C@@H](C2)N3C2CC3CCCCC(C3)C2)c1=O.NC(=O)CO/N=C(\CCC(=O)O)c1nc2ccccc2n(C2C[C@H]3CCC[C@@H](C2)N3C2CC3CCCCC(C3)C2)c1=O.O=C(O)CCC(=NO)c1nc2ccccc2n(C2C[C@H]3CCC[C@@H](C2)N3C2CCCCCCCCC2)c1=O. The molecule has 10 bridgehead atoms. The number of rotatable bonds is 23. The predicted molar refractivity (Wildman–Crippen MR) is 463 cm³/mol. The van der Waals surface area contributed by atoms with Gasteiger partial charge >= 0.3 is 17.9 Å². The molecule has 6 aliphatic heterocycles. The number of aliphatic carboxylic acids is 3. The van der Waals surface area contributed by atoms with Gasteiger partial charge in [-0.25, -0.2) is 15.0 Å². The van der Waals surface area contributed by atoms with Gasteiger partial charge in [0.1, 0.15) is 23.2 Å². The van der Waals surface area contributed by atoms with Crippen molar-refractivity contribution < 1.29 is 49.4 Å². The maximum absolute atomic E-state index is 14.3. The molecule has 0 radical (unpaired) electrons. The summed E-state index contributed by atoms with van der Waals surface area (Å²) in [6.07, 6.45) is 45.8. The minimum absolute atomic E-state index is 0.00818. The van der Waals surface area contributed by atoms with Crippen LogP contribution in [-0.4, -0.2) is 172 Å². The number of piperidine rings is 5. The van der Waals surface area contributed by atoms with Gasteiger partial charge in [0.15, 0.2) is 23.7 Å². The molecule has 5 saturated carbocycles. The third-order valence-electron chi connectivity index (χ3n) is 29.2. The molecule has 5 aliphatic carbocycles. The first-order chi connectivity index (χ1) is 58.3. The molecule has 6 aromatic rings. The van der Waals surface area contributed by atoms with Gasteiger partial charge in [-0.1, -0.05) is 161 Å². The minimum Gasteiger partial charge on any atom is -0.481 e. The average Bonchev–Trinajstić information content (AvgIpc) is 1.75. The van der Waals surface area contributed by atoms with Gasteiger partial charge in [0, 0.05) is 91.8 Å². The summed E-state index contributed by atoms with van der Waals surface area (Å²) in [5.74, 6) is -0.160. The zero-order valence-electron chi connectivity index (χ0n) is 70.8. The lowest BCUT2D eigenvalue weighted by Gasteiger charge is -2.54. The maximum Gasteiger partial charge on any atom is 0.303 e. The number of primary amides is 1. The molecule has 120 heavy (non-hydrogen) atoms. The van der Waals surface area contributed by atoms with Crippen LogP contribution in [0.3, 0.4) is 0 Å². The topological polar surface area (TPSA) is 345 Å². The Kier molecular flexibility index (Phi) is 28.8. The molecule has 11 fully saturated rings. The van der Waals surface area contributed by atoms with E-state index in [1.807, 2.05) is 100 Å². The second kappa shape index (κ2) is 40.1. The van der Waals surface area contributed by atoms with E-state index in [1.54, 1.807) is 0 Å². The quantitative estimate of drug-likeness (QED) is 0.0226. The van der Waals surface area contributed by atoms with Crippen molar-refractivity contribution in [2.75, 3.05) is 6.61 Å². The van der Waals surface area contributed by atoms with E-state index in [1.165, 1.54) is 186 Å². The van der Waals surface area contributed by atoms with E-state index in [2.05, 4.69) is 40.1 Å². The smallest absolute Gasteiger partial charge is 0.303 e. The summed E-state index contributed by atoms with van der Waals surface area (Å²) >= 11 is 0. The third kappa shape index (κ3) is 20.3. The molecule has 26 nitrogen and oxygen atoms in total. The number of carbonyl (C=O) groups is 4. The Balaban J connectivity index is 0.000000140. The number of carboxylic acid groups (broad SMARTS) is 3. The number of fused-ring (bicyclic) bond motifs is 13. The monoisotopic (exact) mass is 1650 g/mol. The number of nitrogens with two attached hydrogens (primary N) is 1. The van der Waals surface area contributed by atoms with Gasteiger partial charge in [-0.3, -0.25) is 48.3 Å². The lowest BCUT2D eigenvalue weighted by molar-refractivity contribution is -0.137. The lowest BCUT2D eigenvalue weighted by Crippen LogP contribution is -2.58. The molecule has 3 aromatic heterocycles. The number of aromatic nitrogens is 6. The first kappa shape index (κ1) is 86.2. The van der Waals surface area contributed by atoms with E-state index in [9.17, 15) is 49.0 Å². The van der Waals surface area contributed by atoms with E-state index in [0.29, 0.717) is 71.1 Å². The van der Waals surface area contributed by atoms with E-state index in [4.69, 9.17) is 25.5 Å². The van der Waals surface area contributed by atoms with Crippen LogP contribution in [0, 0.1) is 23.7 Å². The van der Waals surface area contributed by atoms with Crippen LogP contribution < -0.4 is 22.4 Å². The van der Waals surface area contributed by atoms with Gasteiger partial charge < -0.3 is 49.6 Å². The lowest BCUT2D eigenvalue weighted by atomic mass is 9.73. The largest absolute Gasteiger partial charge is 0.481 e. The Hall–Kier alpha value is -8.75. The molecular weight excluding hydrogens is 1520 g/mol. The van der Waals surface area contributed by atoms with Crippen LogP contribution in [0.1, 0.15) is 325 Å². The van der Waals surface area contributed by atoms with Crippen molar-refractivity contribution in [1.29, 1.82) is 0 Å². The van der Waals surface area contributed by atoms with Gasteiger partial charge in [-0.2, -0.15) is 0 Å². The molecule has 3 aromatic carbocycles. The molecule has 0 spiro atoms. The highest BCUT2D eigenvalue weighted by Crippen LogP contribution is 2.51. The predicted octanol–water partition coefficient (Wildman–Crippen LogP) is 16.2. The second-order valence-corrected chi connectivity index (χ2v) is 37.6. The number of hydrogen-bond acceptors (Lipinski definition) is 19. The number of para-hydroxylation sites is 6. The number of benzene rings is 3. The highest BCUT2D eigenvalue weighted by atomic mass is 16.6. The standard InChI is InChI=1S/C32H43N5O5.C32H44N4O4.C30H42N4O4/c33-29(38)19-42-35-27(12-13-30(39)40)31-32(41)37(28-11-4-3-10-26(28)34-31)25-17-22-8-5-9-23(18-25)36(22)24-15-20-6-1-2-7-21(14-20)16-24;1-20(2)40-34-28(13-14-30(37)38)31-32(39)36(29-10-6-5-9-27(29)33-31)26-18-23-11-12-24(19-26)35(23)25-16-21-7-3-4-8-22(15-21)17-25;35-28(36)18-17-26(32-38)29-30(37)34(27-16-9-8-15-25(27)31-29)24-19-22-13-10-14-23(20-24)33(22)21-11-6-4-2-1-3-5-7-12-21/h3-4,10-11,20-25H,1-2,5-9,12-19H2,(H2,33,38)(H,39,40);5-6,9-10,20-26H,3-4,7-8,11-19H2,1-2H3,(H,37,38);8-9,15-16,21-24,38H,1-7,10-14,17-20H2,(H,35,36)/b35-27+;;/t20?,21?,22-,23+,24?,25?;21?,22?,23-,24+,25?,26?;22-,23+,24?. The normalized spacial score (nSPS) is 29.2. The zero-order chi connectivity index (χ0) is 83.5. The molecule has 6 N–H and O–H groups in total. The van der Waals surface area contributed by atoms with Gasteiger partial charge in [0.2, 0.25) is 0 Å². The van der Waals surface area contributed by atoms with Crippen molar-refractivity contribution in [3.63, 3.8) is 0 Å². The summed E-state index contributed by atoms with van der Waals surface area (Å²) in [6, 6.07) is 28.1. The zero-order valence-corrected chi connectivity index (χ0v) is 70.8. The van der Waals surface area contributed by atoms with Crippen LogP contribution in [0.2, 0.25) is 0 Å². The molecule has 11 aliphatic rings. The van der Waals surface area contributed by atoms with Gasteiger partial charge in [0.25, 0.3) is 22.6 Å². The summed E-state index contributed by atoms with van der Waals surface area (Å²) in [7, 11) is 0. The molecule has 13 atom stereocenters. The van der Waals surface area contributed by atoms with Crippen molar-refractivity contribution in [3.8, 4) is 0 Å². The number of oxime groups is 3. The summed E-state index contributed by atoms with van der Waals surface area (Å²) in [4.78, 5) is 121. The van der Waals surface area contributed by atoms with Crippen molar-refractivity contribution in [1.82, 2.24) is 43.4 Å². The fourth-order valence-electron chi connectivity index (χ4n) is 24.5. The third-order valence-corrected chi connectivity index (χ3v) is 29.2. The maximum atomic E-state index is 14.3. The molecule has 17 rings (SSSR count). The fourth-order valence-corrected chi connectivity index (χ4v) is 24.5. The Morgan fingerprint density at radius 1 is 0.375 bits per heavy atom. The van der Waals surface area contributed by atoms with Crippen LogP contribution in [0.15, 0.2) is 103 Å². The number of carbonyl (C=O) groups excluding carboxylic acids is 1. The number of carboxylic acids is 3. The summed E-state index contributed by atoms with van der Waals surface area (Å²) in [5, 5.41) is 49.1. The first-order valence-corrected chi connectivity index (χ1v) is 46.2. The second-order valence-electron chi connectivity index (χ2n) is 37.6. The minimum atomic E-state index is -1.03. The first-order valence-electron chi connectivity index (χ1n) is 46.2. The van der Waals surface area contributed by atoms with E-state index in [-0.39, 0.29) is 108 Å². The van der Waals surface area contributed by atoms with Crippen molar-refractivity contribution in [2.24, 2.45) is 44.9 Å². The molecule has 9 heterocycles. The van der Waals surface area contributed by atoms with Gasteiger partial charge in [-0.15, -0.1) is 0 Å². The Bertz CT molecular complexity index is 4800. The highest BCUT2D eigenvalue weighted by Gasteiger charge is 2.50. The van der Waals surface area contributed by atoms with Gasteiger partial charge in [0.05, 0.1) is 52.4 Å². The van der Waals surface area contributed by atoms with E-state index >= 15 is 0 Å². The average molecular weight is 1650 g/mol. The van der Waals surface area contributed by atoms with Crippen LogP contribution >= 0.6 is 0 Å². The van der Waals surface area contributed by atoms with Crippen LogP contribution in [-0.2, 0) is 28.9 Å². The van der Waals surface area contributed by atoms with Gasteiger partial charge in [-0.05, 0) is 202 Å². The molecule has 1 amide bonds. The summed E-state index contributed by atoms with van der Waals surface area (Å²) in [6.45, 7) is 3.24. The van der Waals surface area contributed by atoms with Crippen molar-refractivity contribution in [2.45, 2.75) is 369 Å². The Morgan fingerprint density at radius 3 is 1.03 bits per heavy atom. The van der Waals surface area contributed by atoms with Crippen LogP contribution in [0.5, 0.6) is 0 Å². The Morgan fingerprint density at radius 2 is 0.683 bits per heavy atom. The Labute approximate surface area is 704 Å². The fraction of sp³-hybridized carbons (Fsp3) is 0.670. The molecule has 26 heteroatoms. The van der Waals surface area contributed by atoms with Crippen molar-refractivity contribution in [3.05, 3.63) is 121 Å². The molecular formula is C94H129N13O13. The number of amides is 1. The number of nitrogens with zero attached hydrogens (tertiary/aromatic N) is 12. The van der Waals surface area contributed by atoms with Crippen LogP contribution in [0.4, 0.5) is 0 Å². The van der Waals surface area contributed by atoms with E-state index in [0.717, 1.165) is 97.1 Å². The number of hydrogen-bond donors (Lipinski definition) is 5. The molecule has 6 saturated heterocycles.